The summed E-state index contributed by atoms with van der Waals surface area (Å²) in [7, 11) is -2.18. The molecule has 158 valence electrons. The minimum absolute atomic E-state index is 0.183. The van der Waals surface area contributed by atoms with Gasteiger partial charge in [-0.05, 0) is 44.5 Å². The van der Waals surface area contributed by atoms with E-state index in [9.17, 15) is 18.5 Å². The number of benzene rings is 2. The maximum Gasteiger partial charge on any atom is 0.293 e. The molecule has 0 saturated carbocycles. The van der Waals surface area contributed by atoms with Crippen LogP contribution in [-0.2, 0) is 23.6 Å². The summed E-state index contributed by atoms with van der Waals surface area (Å²) in [6, 6.07) is 9.12. The lowest BCUT2D eigenvalue weighted by Crippen LogP contribution is -2.14. The van der Waals surface area contributed by atoms with Crippen LogP contribution in [0.3, 0.4) is 0 Å². The molecule has 3 aromatic rings. The summed E-state index contributed by atoms with van der Waals surface area (Å²) in [4.78, 5) is 10.8. The van der Waals surface area contributed by atoms with Crippen LogP contribution in [0.4, 0.5) is 17.1 Å². The lowest BCUT2D eigenvalue weighted by atomic mass is 10.1. The zero-order chi connectivity index (χ0) is 22.1. The zero-order valence-electron chi connectivity index (χ0n) is 17.1. The Balaban J connectivity index is 1.88. The number of sulfonamides is 1. The zero-order valence-corrected chi connectivity index (χ0v) is 17.9. The van der Waals surface area contributed by atoms with Crippen LogP contribution in [0.15, 0.2) is 47.5 Å². The van der Waals surface area contributed by atoms with Crippen molar-refractivity contribution in [1.29, 1.82) is 0 Å². The monoisotopic (exact) mass is 429 g/mol. The Morgan fingerprint density at radius 3 is 2.40 bits per heavy atom. The van der Waals surface area contributed by atoms with E-state index in [1.807, 2.05) is 27.0 Å². The molecule has 2 N–H and O–H groups in total. The predicted octanol–water partition coefficient (Wildman–Crippen LogP) is 3.67. The van der Waals surface area contributed by atoms with Crippen LogP contribution in [0.5, 0.6) is 0 Å². The van der Waals surface area contributed by atoms with Crippen LogP contribution in [0.2, 0.25) is 0 Å². The highest BCUT2D eigenvalue weighted by atomic mass is 32.2. The molecular weight excluding hydrogens is 406 g/mol. The molecule has 10 heteroatoms. The van der Waals surface area contributed by atoms with Gasteiger partial charge in [0.1, 0.15) is 5.69 Å². The second-order valence-electron chi connectivity index (χ2n) is 7.09. The second-order valence-corrected chi connectivity index (χ2v) is 8.77. The normalized spacial score (nSPS) is 11.3. The van der Waals surface area contributed by atoms with E-state index >= 15 is 0 Å². The van der Waals surface area contributed by atoms with Crippen LogP contribution in [-0.4, -0.2) is 23.1 Å². The van der Waals surface area contributed by atoms with Crippen molar-refractivity contribution in [1.82, 2.24) is 9.78 Å². The van der Waals surface area contributed by atoms with Crippen molar-refractivity contribution in [2.45, 2.75) is 32.2 Å². The third-order valence-electron chi connectivity index (χ3n) is 4.91. The van der Waals surface area contributed by atoms with Crippen molar-refractivity contribution in [2.75, 3.05) is 10.0 Å². The van der Waals surface area contributed by atoms with E-state index in [4.69, 9.17) is 0 Å². The Labute approximate surface area is 174 Å². The summed E-state index contributed by atoms with van der Waals surface area (Å²) >= 11 is 0. The van der Waals surface area contributed by atoms with Crippen molar-refractivity contribution >= 4 is 27.1 Å². The number of nitrogens with one attached hydrogen (secondary N) is 2. The Bertz CT molecular complexity index is 1220. The number of hydrogen-bond donors (Lipinski definition) is 2. The molecule has 0 radical (unpaired) electrons. The van der Waals surface area contributed by atoms with Crippen molar-refractivity contribution in [2.24, 2.45) is 7.05 Å². The van der Waals surface area contributed by atoms with Crippen LogP contribution in [0.1, 0.15) is 22.4 Å². The molecule has 0 atom stereocenters. The van der Waals surface area contributed by atoms with Gasteiger partial charge in [-0.2, -0.15) is 5.10 Å². The van der Waals surface area contributed by atoms with E-state index in [0.29, 0.717) is 12.2 Å². The Hall–Kier alpha value is -3.40. The van der Waals surface area contributed by atoms with Crippen LogP contribution in [0, 0.1) is 30.9 Å². The average Bonchev–Trinajstić information content (AvgIpc) is 3.00. The lowest BCUT2D eigenvalue weighted by Gasteiger charge is -2.12. The van der Waals surface area contributed by atoms with Gasteiger partial charge in [0.15, 0.2) is 0 Å². The fourth-order valence-corrected chi connectivity index (χ4v) is 4.17. The molecule has 9 nitrogen and oxygen atoms in total. The molecule has 0 bridgehead atoms. The predicted molar refractivity (Wildman–Crippen MR) is 115 cm³/mol. The quantitative estimate of drug-likeness (QED) is 0.437. The first-order chi connectivity index (χ1) is 14.1. The van der Waals surface area contributed by atoms with Gasteiger partial charge < -0.3 is 5.32 Å². The number of nitrogens with zero attached hydrogens (tertiary/aromatic N) is 3. The number of hydrogen-bond acceptors (Lipinski definition) is 6. The van der Waals surface area contributed by atoms with Gasteiger partial charge in [0, 0.05) is 30.9 Å². The summed E-state index contributed by atoms with van der Waals surface area (Å²) < 4.78 is 29.8. The van der Waals surface area contributed by atoms with Crippen LogP contribution >= 0.6 is 0 Å². The summed E-state index contributed by atoms with van der Waals surface area (Å²) in [6.45, 7) is 5.92. The van der Waals surface area contributed by atoms with E-state index in [1.165, 1.54) is 12.1 Å². The lowest BCUT2D eigenvalue weighted by molar-refractivity contribution is -0.384. The molecule has 0 saturated heterocycles. The molecule has 0 amide bonds. The molecule has 0 aliphatic heterocycles. The minimum Gasteiger partial charge on any atom is -0.375 e. The van der Waals surface area contributed by atoms with Crippen LogP contribution in [0.25, 0.3) is 0 Å². The van der Waals surface area contributed by atoms with E-state index in [0.717, 1.165) is 28.5 Å². The first-order valence-corrected chi connectivity index (χ1v) is 10.7. The summed E-state index contributed by atoms with van der Waals surface area (Å²) in [6.07, 6.45) is 1.68. The SMILES string of the molecule is Cc1ccc(NS(=O)(=O)c2ccc(NCc3cnn(C)c3C)c([N+](=O)[O-])c2)c(C)c1. The molecule has 2 aromatic carbocycles. The highest BCUT2D eigenvalue weighted by Gasteiger charge is 2.22. The molecule has 30 heavy (non-hydrogen) atoms. The first-order valence-electron chi connectivity index (χ1n) is 9.18. The Morgan fingerprint density at radius 2 is 1.80 bits per heavy atom. The molecule has 3 rings (SSSR count). The van der Waals surface area contributed by atoms with Gasteiger partial charge in [-0.25, -0.2) is 8.42 Å². The van der Waals surface area contributed by atoms with Crippen molar-refractivity contribution in [3.63, 3.8) is 0 Å². The number of aromatic nitrogens is 2. The number of nitro benzene ring substituents is 1. The third-order valence-corrected chi connectivity index (χ3v) is 6.27. The molecule has 1 aromatic heterocycles. The standard InChI is InChI=1S/C20H23N5O4S/c1-13-5-7-18(14(2)9-13)23-30(28,29)17-6-8-19(20(10-17)25(26)27)21-11-16-12-22-24(4)15(16)3/h5-10,12,21,23H,11H2,1-4H3. The highest BCUT2D eigenvalue weighted by Crippen LogP contribution is 2.29. The van der Waals surface area contributed by atoms with E-state index < -0.39 is 14.9 Å². The number of anilines is 2. The van der Waals surface area contributed by atoms with Gasteiger partial charge in [0.05, 0.1) is 21.7 Å². The molecule has 0 aliphatic carbocycles. The average molecular weight is 430 g/mol. The van der Waals surface area contributed by atoms with Gasteiger partial charge >= 0.3 is 0 Å². The van der Waals surface area contributed by atoms with Gasteiger partial charge in [-0.1, -0.05) is 17.7 Å². The molecule has 1 heterocycles. The molecule has 0 spiro atoms. The second kappa shape index (κ2) is 8.15. The maximum absolute atomic E-state index is 12.8. The fraction of sp³-hybridized carbons (Fsp3) is 0.250. The summed E-state index contributed by atoms with van der Waals surface area (Å²) in [5.74, 6) is 0. The van der Waals surface area contributed by atoms with Gasteiger partial charge in [-0.3, -0.25) is 19.5 Å². The van der Waals surface area contributed by atoms with E-state index in [-0.39, 0.29) is 16.3 Å². The van der Waals surface area contributed by atoms with Crippen molar-refractivity contribution in [3.05, 3.63) is 75.1 Å². The Morgan fingerprint density at radius 1 is 1.10 bits per heavy atom. The van der Waals surface area contributed by atoms with E-state index in [2.05, 4.69) is 15.1 Å². The van der Waals surface area contributed by atoms with Crippen molar-refractivity contribution in [3.8, 4) is 0 Å². The Kier molecular flexibility index (Phi) is 5.79. The topological polar surface area (TPSA) is 119 Å². The summed E-state index contributed by atoms with van der Waals surface area (Å²) in [5.41, 5.74) is 3.93. The number of nitro groups is 1. The maximum atomic E-state index is 12.8. The highest BCUT2D eigenvalue weighted by molar-refractivity contribution is 7.92. The first kappa shape index (κ1) is 21.3. The van der Waals surface area contributed by atoms with Crippen LogP contribution < -0.4 is 10.0 Å². The number of rotatable bonds is 7. The smallest absolute Gasteiger partial charge is 0.293 e. The van der Waals surface area contributed by atoms with Gasteiger partial charge in [-0.15, -0.1) is 0 Å². The largest absolute Gasteiger partial charge is 0.375 e. The minimum atomic E-state index is -3.99. The molecule has 0 aliphatic rings. The summed E-state index contributed by atoms with van der Waals surface area (Å²) in [5, 5.41) is 18.7. The van der Waals surface area contributed by atoms with Crippen molar-refractivity contribution < 1.29 is 13.3 Å². The van der Waals surface area contributed by atoms with Gasteiger partial charge in [0.2, 0.25) is 0 Å². The van der Waals surface area contributed by atoms with E-state index in [1.54, 1.807) is 29.9 Å². The molecule has 0 unspecified atom stereocenters. The third kappa shape index (κ3) is 4.43. The fourth-order valence-electron chi connectivity index (χ4n) is 3.02. The molecule has 0 fully saturated rings. The number of aryl methyl sites for hydroxylation is 3. The molecular formula is C20H23N5O4S. The van der Waals surface area contributed by atoms with Gasteiger partial charge in [0.25, 0.3) is 15.7 Å².